The second kappa shape index (κ2) is 5.77. The number of aliphatic hydroxyl groups is 1. The van der Waals surface area contributed by atoms with Gasteiger partial charge in [-0.2, -0.15) is 0 Å². The summed E-state index contributed by atoms with van der Waals surface area (Å²) in [6.45, 7) is -0.972. The maximum atomic E-state index is 13.0. The second-order valence-electron chi connectivity index (χ2n) is 4.97. The van der Waals surface area contributed by atoms with Gasteiger partial charge < -0.3 is 10.4 Å². The number of carbonyl (C=O) groups excluding carboxylic acids is 2. The summed E-state index contributed by atoms with van der Waals surface area (Å²) in [5.41, 5.74) is 1.45. The summed E-state index contributed by atoms with van der Waals surface area (Å²) < 4.78 is 25.9. The average molecular weight is 298 g/mol. The molecule has 1 aliphatic heterocycles. The Morgan fingerprint density at radius 1 is 1.43 bits per heavy atom. The zero-order valence-electron chi connectivity index (χ0n) is 11.5. The molecule has 1 aromatic rings. The van der Waals surface area contributed by atoms with Crippen molar-refractivity contribution in [1.29, 1.82) is 0 Å². The lowest BCUT2D eigenvalue weighted by atomic mass is 10.1. The molecule has 0 fully saturated rings. The predicted molar refractivity (Wildman–Crippen MR) is 72.1 cm³/mol. The molecule has 2 N–H and O–H groups in total. The third-order valence-electron chi connectivity index (χ3n) is 3.37. The summed E-state index contributed by atoms with van der Waals surface area (Å²) in [7, 11) is 0. The lowest BCUT2D eigenvalue weighted by molar-refractivity contribution is -0.127. The van der Waals surface area contributed by atoms with Gasteiger partial charge in [-0.05, 0) is 11.6 Å². The molecule has 5 nitrogen and oxygen atoms in total. The Labute approximate surface area is 120 Å². The van der Waals surface area contributed by atoms with Crippen LogP contribution in [0.5, 0.6) is 0 Å². The number of nitrogens with zero attached hydrogens (tertiary/aromatic N) is 1. The van der Waals surface area contributed by atoms with Gasteiger partial charge in [0.05, 0.1) is 6.54 Å². The molecule has 0 spiro atoms. The molecule has 7 heteroatoms. The van der Waals surface area contributed by atoms with Crippen LogP contribution in [0, 0.1) is 0 Å². The van der Waals surface area contributed by atoms with Crippen molar-refractivity contribution in [3.63, 3.8) is 0 Å². The maximum absolute atomic E-state index is 13.0. The van der Waals surface area contributed by atoms with Crippen LogP contribution in [0.2, 0.25) is 0 Å². The fourth-order valence-corrected chi connectivity index (χ4v) is 2.38. The second-order valence-corrected chi connectivity index (χ2v) is 4.97. The molecule has 114 valence electrons. The molecule has 0 unspecified atom stereocenters. The standard InChI is InChI=1S/C14H16F2N2O3/c1-9(20)18-11-5-3-2-4-10(11)6-12(18)13(21)17-7-14(15,16)8-19/h2-5,12,19H,6-8H2,1H3,(H,17,21)/t12-/m0/s1. The first-order valence-electron chi connectivity index (χ1n) is 6.50. The van der Waals surface area contributed by atoms with Crippen molar-refractivity contribution in [2.45, 2.75) is 25.3 Å². The number of alkyl halides is 2. The topological polar surface area (TPSA) is 69.6 Å². The maximum Gasteiger partial charge on any atom is 0.287 e. The van der Waals surface area contributed by atoms with Crippen molar-refractivity contribution in [2.75, 3.05) is 18.1 Å². The molecule has 1 atom stereocenters. The molecule has 1 aliphatic rings. The van der Waals surface area contributed by atoms with Gasteiger partial charge in [0.25, 0.3) is 5.92 Å². The Balaban J connectivity index is 2.13. The van der Waals surface area contributed by atoms with Gasteiger partial charge in [0.1, 0.15) is 12.6 Å². The molecule has 0 bridgehead atoms. The third-order valence-corrected chi connectivity index (χ3v) is 3.37. The normalized spacial score (nSPS) is 17.5. The number of amides is 2. The number of para-hydroxylation sites is 1. The average Bonchev–Trinajstić information content (AvgIpc) is 2.84. The largest absolute Gasteiger partial charge is 0.390 e. The number of aliphatic hydroxyl groups excluding tert-OH is 1. The van der Waals surface area contributed by atoms with Gasteiger partial charge in [0, 0.05) is 19.0 Å². The van der Waals surface area contributed by atoms with E-state index in [-0.39, 0.29) is 12.3 Å². The number of halogens is 2. The molecular formula is C14H16F2N2O3. The minimum absolute atomic E-state index is 0.284. The van der Waals surface area contributed by atoms with Crippen molar-refractivity contribution < 1.29 is 23.5 Å². The molecule has 0 aromatic heterocycles. The van der Waals surface area contributed by atoms with E-state index in [1.54, 1.807) is 24.3 Å². The zero-order valence-corrected chi connectivity index (χ0v) is 11.5. The fraction of sp³-hybridized carbons (Fsp3) is 0.429. The van der Waals surface area contributed by atoms with Crippen LogP contribution in [-0.4, -0.2) is 42.0 Å². The lowest BCUT2D eigenvalue weighted by Crippen LogP contribution is -2.50. The minimum atomic E-state index is -3.37. The van der Waals surface area contributed by atoms with Crippen molar-refractivity contribution in [3.05, 3.63) is 29.8 Å². The van der Waals surface area contributed by atoms with Crippen molar-refractivity contribution in [3.8, 4) is 0 Å². The number of hydrogen-bond acceptors (Lipinski definition) is 3. The van der Waals surface area contributed by atoms with Crippen molar-refractivity contribution in [1.82, 2.24) is 5.32 Å². The van der Waals surface area contributed by atoms with E-state index >= 15 is 0 Å². The van der Waals surface area contributed by atoms with Crippen LogP contribution >= 0.6 is 0 Å². The van der Waals surface area contributed by atoms with Crippen LogP contribution in [0.25, 0.3) is 0 Å². The Morgan fingerprint density at radius 3 is 2.71 bits per heavy atom. The molecule has 0 radical (unpaired) electrons. The van der Waals surface area contributed by atoms with E-state index in [9.17, 15) is 18.4 Å². The quantitative estimate of drug-likeness (QED) is 0.860. The molecule has 2 rings (SSSR count). The molecule has 1 heterocycles. The molecule has 2 amide bonds. The molecular weight excluding hydrogens is 282 g/mol. The Bertz CT molecular complexity index is 563. The first-order chi connectivity index (χ1) is 9.85. The van der Waals surface area contributed by atoms with Crippen molar-refractivity contribution in [2.24, 2.45) is 0 Å². The smallest absolute Gasteiger partial charge is 0.287 e. The summed E-state index contributed by atoms with van der Waals surface area (Å²) in [5, 5.41) is 10.6. The van der Waals surface area contributed by atoms with Crippen LogP contribution in [0.4, 0.5) is 14.5 Å². The third kappa shape index (κ3) is 3.18. The SMILES string of the molecule is CC(=O)N1c2ccccc2C[C@H]1C(=O)NCC(F)(F)CO. The molecule has 21 heavy (non-hydrogen) atoms. The Morgan fingerprint density at radius 2 is 2.10 bits per heavy atom. The first kappa shape index (κ1) is 15.4. The van der Waals surface area contributed by atoms with Crippen LogP contribution in [0.15, 0.2) is 24.3 Å². The molecule has 0 saturated heterocycles. The highest BCUT2D eigenvalue weighted by Gasteiger charge is 2.38. The number of anilines is 1. The highest BCUT2D eigenvalue weighted by atomic mass is 19.3. The minimum Gasteiger partial charge on any atom is -0.390 e. The van der Waals surface area contributed by atoms with Crippen LogP contribution in [-0.2, 0) is 16.0 Å². The predicted octanol–water partition coefficient (Wildman–Crippen LogP) is 0.708. The van der Waals surface area contributed by atoms with Crippen LogP contribution in [0.1, 0.15) is 12.5 Å². The lowest BCUT2D eigenvalue weighted by Gasteiger charge is -2.24. The highest BCUT2D eigenvalue weighted by molar-refractivity contribution is 6.02. The van der Waals surface area contributed by atoms with E-state index in [1.807, 2.05) is 0 Å². The van der Waals surface area contributed by atoms with Gasteiger partial charge in [0.2, 0.25) is 11.8 Å². The Hall–Kier alpha value is -2.02. The number of rotatable bonds is 4. The van der Waals surface area contributed by atoms with Gasteiger partial charge in [-0.3, -0.25) is 14.5 Å². The van der Waals surface area contributed by atoms with Crippen molar-refractivity contribution >= 4 is 17.5 Å². The van der Waals surface area contributed by atoms with Gasteiger partial charge in [-0.25, -0.2) is 8.78 Å². The van der Waals surface area contributed by atoms with Gasteiger partial charge in [0.15, 0.2) is 0 Å². The monoisotopic (exact) mass is 298 g/mol. The van der Waals surface area contributed by atoms with Gasteiger partial charge >= 0.3 is 0 Å². The van der Waals surface area contributed by atoms with Gasteiger partial charge in [-0.15, -0.1) is 0 Å². The van der Waals surface area contributed by atoms with E-state index in [0.29, 0.717) is 5.69 Å². The number of nitrogens with one attached hydrogen (secondary N) is 1. The first-order valence-corrected chi connectivity index (χ1v) is 6.50. The molecule has 0 saturated carbocycles. The summed E-state index contributed by atoms with van der Waals surface area (Å²) >= 11 is 0. The van der Waals surface area contributed by atoms with E-state index < -0.39 is 31.0 Å². The zero-order chi connectivity index (χ0) is 15.6. The van der Waals surface area contributed by atoms with E-state index in [2.05, 4.69) is 5.32 Å². The van der Waals surface area contributed by atoms with E-state index in [4.69, 9.17) is 5.11 Å². The summed E-state index contributed by atoms with van der Waals surface area (Å²) in [5.74, 6) is -4.36. The number of benzene rings is 1. The summed E-state index contributed by atoms with van der Waals surface area (Å²) in [6.07, 6.45) is 0.284. The number of fused-ring (bicyclic) bond motifs is 1. The number of hydrogen-bond donors (Lipinski definition) is 2. The van der Waals surface area contributed by atoms with Crippen LogP contribution in [0.3, 0.4) is 0 Å². The van der Waals surface area contributed by atoms with Gasteiger partial charge in [-0.1, -0.05) is 18.2 Å². The number of carbonyl (C=O) groups is 2. The van der Waals surface area contributed by atoms with E-state index in [0.717, 1.165) is 5.56 Å². The molecule has 1 aromatic carbocycles. The fourth-order valence-electron chi connectivity index (χ4n) is 2.38. The highest BCUT2D eigenvalue weighted by Crippen LogP contribution is 2.32. The summed E-state index contributed by atoms with van der Waals surface area (Å²) in [6, 6.07) is 6.20. The molecule has 0 aliphatic carbocycles. The van der Waals surface area contributed by atoms with E-state index in [1.165, 1.54) is 11.8 Å². The Kier molecular flexibility index (Phi) is 4.22. The van der Waals surface area contributed by atoms with Crippen LogP contribution < -0.4 is 10.2 Å². The summed E-state index contributed by atoms with van der Waals surface area (Å²) in [4.78, 5) is 25.1.